The van der Waals surface area contributed by atoms with Gasteiger partial charge >= 0.3 is 0 Å². The summed E-state index contributed by atoms with van der Waals surface area (Å²) in [5.74, 6) is 0.135. The van der Waals surface area contributed by atoms with Crippen molar-refractivity contribution >= 4 is 5.91 Å². The lowest BCUT2D eigenvalue weighted by atomic mass is 10.1. The maximum absolute atomic E-state index is 12.6. The minimum Gasteiger partial charge on any atom is -0.369 e. The molecule has 4 heteroatoms. The number of likely N-dealkylation sites (N-methyl/N-ethyl adjacent to an activating group) is 1. The molecule has 2 bridgehead atoms. The number of benzene rings is 1. The van der Waals surface area contributed by atoms with E-state index in [1.165, 1.54) is 5.56 Å². The summed E-state index contributed by atoms with van der Waals surface area (Å²) in [6, 6.07) is 7.97. The van der Waals surface area contributed by atoms with Crippen molar-refractivity contribution in [3.05, 3.63) is 35.4 Å². The van der Waals surface area contributed by atoms with Gasteiger partial charge in [-0.25, -0.2) is 0 Å². The molecule has 0 aliphatic carbocycles. The van der Waals surface area contributed by atoms with Crippen LogP contribution in [0.4, 0.5) is 0 Å². The van der Waals surface area contributed by atoms with Crippen molar-refractivity contribution in [2.45, 2.75) is 25.6 Å². The Morgan fingerprint density at radius 2 is 1.75 bits per heavy atom. The lowest BCUT2D eigenvalue weighted by molar-refractivity contribution is -0.124. The zero-order valence-electron chi connectivity index (χ0n) is 12.2. The standard InChI is InChI=1S/C16H22N2O2/c1-3-12-4-6-13(7-5-12)16(19)18-10-14-8-17(2)9-15(11-18)20-14/h4-7,14-15H,3,8-11H2,1-2H3. The fourth-order valence-corrected chi connectivity index (χ4v) is 3.13. The molecule has 2 aliphatic rings. The van der Waals surface area contributed by atoms with E-state index in [1.54, 1.807) is 0 Å². The molecule has 3 rings (SSSR count). The highest BCUT2D eigenvalue weighted by Crippen LogP contribution is 2.20. The summed E-state index contributed by atoms with van der Waals surface area (Å²) in [6.07, 6.45) is 1.32. The van der Waals surface area contributed by atoms with Crippen LogP contribution < -0.4 is 0 Å². The van der Waals surface area contributed by atoms with E-state index in [0.29, 0.717) is 13.1 Å². The predicted molar refractivity (Wildman–Crippen MR) is 77.9 cm³/mol. The number of hydrogen-bond donors (Lipinski definition) is 0. The Kier molecular flexibility index (Phi) is 3.76. The van der Waals surface area contributed by atoms with Crippen LogP contribution in [0.1, 0.15) is 22.8 Å². The molecule has 0 radical (unpaired) electrons. The Hall–Kier alpha value is -1.39. The average molecular weight is 274 g/mol. The number of rotatable bonds is 2. The third-order valence-corrected chi connectivity index (χ3v) is 4.16. The number of morpholine rings is 2. The van der Waals surface area contributed by atoms with Crippen molar-refractivity contribution in [2.75, 3.05) is 33.2 Å². The summed E-state index contributed by atoms with van der Waals surface area (Å²) in [7, 11) is 2.11. The van der Waals surface area contributed by atoms with E-state index in [1.807, 2.05) is 29.2 Å². The molecule has 0 saturated carbocycles. The minimum atomic E-state index is 0.135. The van der Waals surface area contributed by atoms with E-state index in [2.05, 4.69) is 18.9 Å². The third-order valence-electron chi connectivity index (χ3n) is 4.16. The fraction of sp³-hybridized carbons (Fsp3) is 0.562. The summed E-state index contributed by atoms with van der Waals surface area (Å²) in [4.78, 5) is 16.8. The topological polar surface area (TPSA) is 32.8 Å². The van der Waals surface area contributed by atoms with Crippen LogP contribution in [-0.4, -0.2) is 61.1 Å². The number of hydrogen-bond acceptors (Lipinski definition) is 3. The smallest absolute Gasteiger partial charge is 0.254 e. The average Bonchev–Trinajstić information content (AvgIpc) is 2.45. The molecular weight excluding hydrogens is 252 g/mol. The lowest BCUT2D eigenvalue weighted by Gasteiger charge is -2.44. The van der Waals surface area contributed by atoms with Gasteiger partial charge in [0.15, 0.2) is 0 Å². The van der Waals surface area contributed by atoms with Gasteiger partial charge in [0.25, 0.3) is 5.91 Å². The SMILES string of the molecule is CCc1ccc(C(=O)N2CC3CN(C)CC(C2)O3)cc1. The van der Waals surface area contributed by atoms with Gasteiger partial charge in [-0.3, -0.25) is 4.79 Å². The first kappa shape index (κ1) is 13.6. The Morgan fingerprint density at radius 1 is 1.15 bits per heavy atom. The summed E-state index contributed by atoms with van der Waals surface area (Å²) < 4.78 is 5.91. The molecule has 1 aromatic rings. The van der Waals surface area contributed by atoms with Gasteiger partial charge < -0.3 is 14.5 Å². The summed E-state index contributed by atoms with van der Waals surface area (Å²) in [5, 5.41) is 0. The van der Waals surface area contributed by atoms with Gasteiger partial charge in [0.1, 0.15) is 0 Å². The van der Waals surface area contributed by atoms with Crippen molar-refractivity contribution in [1.82, 2.24) is 9.80 Å². The van der Waals surface area contributed by atoms with Crippen LogP contribution >= 0.6 is 0 Å². The highest BCUT2D eigenvalue weighted by molar-refractivity contribution is 5.94. The molecule has 20 heavy (non-hydrogen) atoms. The number of aryl methyl sites for hydroxylation is 1. The summed E-state index contributed by atoms with van der Waals surface area (Å²) in [6.45, 7) is 5.35. The molecule has 0 spiro atoms. The van der Waals surface area contributed by atoms with Gasteiger partial charge in [-0.05, 0) is 31.2 Å². The van der Waals surface area contributed by atoms with Crippen molar-refractivity contribution in [3.63, 3.8) is 0 Å². The molecule has 2 heterocycles. The second kappa shape index (κ2) is 5.54. The van der Waals surface area contributed by atoms with Gasteiger partial charge in [0, 0.05) is 31.7 Å². The molecule has 2 unspecified atom stereocenters. The lowest BCUT2D eigenvalue weighted by Crippen LogP contribution is -2.59. The van der Waals surface area contributed by atoms with E-state index < -0.39 is 0 Å². The van der Waals surface area contributed by atoms with E-state index >= 15 is 0 Å². The highest BCUT2D eigenvalue weighted by Gasteiger charge is 2.35. The van der Waals surface area contributed by atoms with Crippen LogP contribution in [0.2, 0.25) is 0 Å². The maximum Gasteiger partial charge on any atom is 0.254 e. The van der Waals surface area contributed by atoms with Crippen molar-refractivity contribution < 1.29 is 9.53 Å². The predicted octanol–water partition coefficient (Wildman–Crippen LogP) is 1.40. The molecule has 108 valence electrons. The normalized spacial score (nSPS) is 26.6. The zero-order chi connectivity index (χ0) is 14.1. The van der Waals surface area contributed by atoms with Gasteiger partial charge in [-0.1, -0.05) is 19.1 Å². The van der Waals surface area contributed by atoms with E-state index in [9.17, 15) is 4.79 Å². The number of carbonyl (C=O) groups is 1. The molecule has 4 nitrogen and oxygen atoms in total. The molecular formula is C16H22N2O2. The maximum atomic E-state index is 12.6. The Morgan fingerprint density at radius 3 is 2.30 bits per heavy atom. The molecule has 2 aliphatic heterocycles. The summed E-state index contributed by atoms with van der Waals surface area (Å²) >= 11 is 0. The highest BCUT2D eigenvalue weighted by atomic mass is 16.5. The summed E-state index contributed by atoms with van der Waals surface area (Å²) in [5.41, 5.74) is 2.05. The molecule has 2 fully saturated rings. The largest absolute Gasteiger partial charge is 0.369 e. The van der Waals surface area contributed by atoms with E-state index in [4.69, 9.17) is 4.74 Å². The quantitative estimate of drug-likeness (QED) is 0.817. The number of carbonyl (C=O) groups excluding carboxylic acids is 1. The zero-order valence-corrected chi connectivity index (χ0v) is 12.2. The Bertz CT molecular complexity index is 468. The van der Waals surface area contributed by atoms with Crippen molar-refractivity contribution in [1.29, 1.82) is 0 Å². The first-order chi connectivity index (χ1) is 9.65. The van der Waals surface area contributed by atoms with Crippen LogP contribution in [0.3, 0.4) is 0 Å². The van der Waals surface area contributed by atoms with Gasteiger partial charge in [-0.2, -0.15) is 0 Å². The number of fused-ring (bicyclic) bond motifs is 2. The Balaban J connectivity index is 1.71. The molecule has 1 aromatic carbocycles. The second-order valence-corrected chi connectivity index (χ2v) is 5.86. The number of amides is 1. The van der Waals surface area contributed by atoms with Gasteiger partial charge in [0.05, 0.1) is 12.2 Å². The molecule has 1 amide bonds. The fourth-order valence-electron chi connectivity index (χ4n) is 3.13. The van der Waals surface area contributed by atoms with Crippen LogP contribution in [0.25, 0.3) is 0 Å². The van der Waals surface area contributed by atoms with Gasteiger partial charge in [-0.15, -0.1) is 0 Å². The number of ether oxygens (including phenoxy) is 1. The van der Waals surface area contributed by atoms with Crippen LogP contribution in [0.15, 0.2) is 24.3 Å². The third kappa shape index (κ3) is 2.72. The second-order valence-electron chi connectivity index (χ2n) is 5.86. The van der Waals surface area contributed by atoms with Crippen molar-refractivity contribution in [3.8, 4) is 0 Å². The first-order valence-corrected chi connectivity index (χ1v) is 7.38. The van der Waals surface area contributed by atoms with Crippen LogP contribution in [0, 0.1) is 0 Å². The van der Waals surface area contributed by atoms with E-state index in [-0.39, 0.29) is 18.1 Å². The van der Waals surface area contributed by atoms with Crippen LogP contribution in [-0.2, 0) is 11.2 Å². The Labute approximate surface area is 120 Å². The molecule has 0 aromatic heterocycles. The molecule has 2 saturated heterocycles. The first-order valence-electron chi connectivity index (χ1n) is 7.38. The van der Waals surface area contributed by atoms with Crippen molar-refractivity contribution in [2.24, 2.45) is 0 Å². The number of nitrogens with zero attached hydrogens (tertiary/aromatic N) is 2. The van der Waals surface area contributed by atoms with Crippen LogP contribution in [0.5, 0.6) is 0 Å². The van der Waals surface area contributed by atoms with Gasteiger partial charge in [0.2, 0.25) is 0 Å². The molecule has 2 atom stereocenters. The molecule has 0 N–H and O–H groups in total. The monoisotopic (exact) mass is 274 g/mol. The minimum absolute atomic E-state index is 0.135. The van der Waals surface area contributed by atoms with E-state index in [0.717, 1.165) is 25.1 Å².